The summed E-state index contributed by atoms with van der Waals surface area (Å²) in [5.41, 5.74) is 1.32. The molecule has 1 aliphatic rings. The number of carbonyl (C=O) groups is 1. The number of hydrogen-bond acceptors (Lipinski definition) is 5. The quantitative estimate of drug-likeness (QED) is 0.798. The average Bonchev–Trinajstić information content (AvgIpc) is 3.26. The Kier molecular flexibility index (Phi) is 6.07. The second-order valence-electron chi connectivity index (χ2n) is 7.82. The molecule has 28 heavy (non-hydrogen) atoms. The molecule has 148 valence electrons. The Labute approximate surface area is 170 Å². The van der Waals surface area contributed by atoms with Crippen LogP contribution in [-0.2, 0) is 11.2 Å². The minimum atomic E-state index is -0.356. The van der Waals surface area contributed by atoms with Crippen molar-refractivity contribution in [1.82, 2.24) is 15.2 Å². The largest absolute Gasteiger partial charge is 0.441 e. The van der Waals surface area contributed by atoms with Crippen LogP contribution < -0.4 is 5.32 Å². The van der Waals surface area contributed by atoms with Crippen molar-refractivity contribution in [3.63, 3.8) is 0 Å². The van der Waals surface area contributed by atoms with Crippen molar-refractivity contribution in [3.8, 4) is 17.5 Å². The lowest BCUT2D eigenvalue weighted by Crippen LogP contribution is -2.48. The molecule has 6 nitrogen and oxygen atoms in total. The summed E-state index contributed by atoms with van der Waals surface area (Å²) < 4.78 is 5.83. The van der Waals surface area contributed by atoms with Crippen LogP contribution in [0.25, 0.3) is 11.5 Å². The molecule has 0 saturated carbocycles. The highest BCUT2D eigenvalue weighted by Gasteiger charge is 2.30. The molecule has 3 rings (SSSR count). The van der Waals surface area contributed by atoms with E-state index in [2.05, 4.69) is 16.4 Å². The summed E-state index contributed by atoms with van der Waals surface area (Å²) in [7, 11) is 0. The first-order valence-electron chi connectivity index (χ1n) is 9.45. The molecule has 1 fully saturated rings. The van der Waals surface area contributed by atoms with Gasteiger partial charge in [0.15, 0.2) is 0 Å². The highest BCUT2D eigenvalue weighted by Crippen LogP contribution is 2.26. The summed E-state index contributed by atoms with van der Waals surface area (Å²) in [6, 6.07) is 9.31. The van der Waals surface area contributed by atoms with Gasteiger partial charge in [0, 0.05) is 29.1 Å². The number of likely N-dealkylation sites (tertiary alicyclic amines) is 1. The van der Waals surface area contributed by atoms with Crippen LogP contribution in [0.2, 0.25) is 5.02 Å². The Morgan fingerprint density at radius 1 is 1.50 bits per heavy atom. The number of amides is 1. The van der Waals surface area contributed by atoms with Crippen LogP contribution in [0.5, 0.6) is 0 Å². The van der Waals surface area contributed by atoms with E-state index in [1.165, 1.54) is 0 Å². The molecule has 1 N–H and O–H groups in total. The lowest BCUT2D eigenvalue weighted by Gasteiger charge is -2.27. The van der Waals surface area contributed by atoms with Crippen LogP contribution in [0, 0.1) is 18.3 Å². The van der Waals surface area contributed by atoms with Crippen molar-refractivity contribution in [3.05, 3.63) is 40.7 Å². The number of nitrogens with one attached hydrogen (secondary N) is 1. The molecule has 1 unspecified atom stereocenters. The van der Waals surface area contributed by atoms with Gasteiger partial charge in [-0.3, -0.25) is 4.79 Å². The first-order valence-corrected chi connectivity index (χ1v) is 9.83. The fourth-order valence-electron chi connectivity index (χ4n) is 3.43. The molecule has 1 aromatic heterocycles. The van der Waals surface area contributed by atoms with Gasteiger partial charge >= 0.3 is 0 Å². The van der Waals surface area contributed by atoms with Gasteiger partial charge in [0.25, 0.3) is 0 Å². The van der Waals surface area contributed by atoms with E-state index in [-0.39, 0.29) is 24.0 Å². The Hall–Kier alpha value is -2.36. The second-order valence-corrected chi connectivity index (χ2v) is 8.26. The number of hydrogen-bond donors (Lipinski definition) is 1. The van der Waals surface area contributed by atoms with E-state index >= 15 is 0 Å². The van der Waals surface area contributed by atoms with Gasteiger partial charge in [-0.25, -0.2) is 4.98 Å². The number of rotatable bonds is 6. The molecule has 2 heterocycles. The molecule has 1 aliphatic heterocycles. The van der Waals surface area contributed by atoms with Crippen LogP contribution >= 0.6 is 11.6 Å². The monoisotopic (exact) mass is 400 g/mol. The van der Waals surface area contributed by atoms with Crippen LogP contribution in [0.3, 0.4) is 0 Å². The number of benzene rings is 1. The number of aryl methyl sites for hydroxylation is 1. The lowest BCUT2D eigenvalue weighted by molar-refractivity contribution is -0.130. The predicted molar refractivity (Wildman–Crippen MR) is 108 cm³/mol. The standard InChI is InChI=1S/C21H25ClN4O2/c1-14-18(25-20(28-14)15-6-4-7-16(22)10-15)11-21(2,3)24-13-19(27)26-9-5-8-17(26)12-23/h4,6-7,10,17,24H,5,8-9,11,13H2,1-3H3. The van der Waals surface area contributed by atoms with Crippen molar-refractivity contribution in [1.29, 1.82) is 5.26 Å². The Bertz CT molecular complexity index is 900. The first-order chi connectivity index (χ1) is 13.3. The molecule has 1 aromatic carbocycles. The van der Waals surface area contributed by atoms with Gasteiger partial charge in [0.2, 0.25) is 11.8 Å². The van der Waals surface area contributed by atoms with Gasteiger partial charge in [0.1, 0.15) is 11.8 Å². The summed E-state index contributed by atoms with van der Waals surface area (Å²) in [4.78, 5) is 18.8. The number of halogens is 1. The molecule has 0 spiro atoms. The Morgan fingerprint density at radius 3 is 3.00 bits per heavy atom. The maximum absolute atomic E-state index is 12.5. The van der Waals surface area contributed by atoms with Crippen molar-refractivity contribution in [2.45, 2.75) is 51.6 Å². The van der Waals surface area contributed by atoms with Gasteiger partial charge in [-0.15, -0.1) is 0 Å². The number of nitriles is 1. The van der Waals surface area contributed by atoms with E-state index in [4.69, 9.17) is 21.3 Å². The van der Waals surface area contributed by atoms with Crippen molar-refractivity contribution in [2.75, 3.05) is 13.1 Å². The predicted octanol–water partition coefficient (Wildman–Crippen LogP) is 3.73. The number of carbonyl (C=O) groups excluding carboxylic acids is 1. The fourth-order valence-corrected chi connectivity index (χ4v) is 3.62. The smallest absolute Gasteiger partial charge is 0.237 e. The molecule has 0 bridgehead atoms. The third kappa shape index (κ3) is 4.73. The molecule has 1 amide bonds. The normalized spacial score (nSPS) is 17.0. The van der Waals surface area contributed by atoms with Crippen LogP contribution in [0.15, 0.2) is 28.7 Å². The average molecular weight is 401 g/mol. The van der Waals surface area contributed by atoms with Gasteiger partial charge in [-0.05, 0) is 51.8 Å². The van der Waals surface area contributed by atoms with Crippen molar-refractivity contribution < 1.29 is 9.21 Å². The summed E-state index contributed by atoms with van der Waals surface area (Å²) in [5, 5.41) is 13.1. The van der Waals surface area contributed by atoms with E-state index in [0.717, 1.165) is 29.9 Å². The zero-order valence-electron chi connectivity index (χ0n) is 16.5. The highest BCUT2D eigenvalue weighted by molar-refractivity contribution is 6.30. The topological polar surface area (TPSA) is 82.2 Å². The summed E-state index contributed by atoms with van der Waals surface area (Å²) in [6.45, 7) is 6.80. The molecule has 0 aliphatic carbocycles. The van der Waals surface area contributed by atoms with E-state index in [9.17, 15) is 4.79 Å². The third-order valence-electron chi connectivity index (χ3n) is 5.01. The van der Waals surface area contributed by atoms with Gasteiger partial charge in [-0.2, -0.15) is 5.26 Å². The Morgan fingerprint density at radius 2 is 2.29 bits per heavy atom. The van der Waals surface area contributed by atoms with Gasteiger partial charge in [-0.1, -0.05) is 17.7 Å². The summed E-state index contributed by atoms with van der Waals surface area (Å²) in [6.07, 6.45) is 2.26. The van der Waals surface area contributed by atoms with Gasteiger partial charge in [0.05, 0.1) is 18.3 Å². The molecule has 0 radical (unpaired) electrons. The zero-order chi connectivity index (χ0) is 20.3. The number of nitrogens with zero attached hydrogens (tertiary/aromatic N) is 3. The molecule has 1 atom stereocenters. The highest BCUT2D eigenvalue weighted by atomic mass is 35.5. The van der Waals surface area contributed by atoms with E-state index in [1.54, 1.807) is 4.90 Å². The molecule has 1 saturated heterocycles. The molecular formula is C21H25ClN4O2. The van der Waals surface area contributed by atoms with E-state index in [1.807, 2.05) is 45.0 Å². The molecular weight excluding hydrogens is 376 g/mol. The third-order valence-corrected chi connectivity index (χ3v) is 5.25. The SMILES string of the molecule is Cc1oc(-c2cccc(Cl)c2)nc1CC(C)(C)NCC(=O)N1CCCC1C#N. The molecule has 7 heteroatoms. The second kappa shape index (κ2) is 8.34. The maximum Gasteiger partial charge on any atom is 0.237 e. The van der Waals surface area contributed by atoms with Crippen LogP contribution in [0.4, 0.5) is 0 Å². The van der Waals surface area contributed by atoms with E-state index < -0.39 is 0 Å². The van der Waals surface area contributed by atoms with Crippen molar-refractivity contribution in [2.24, 2.45) is 0 Å². The first kappa shape index (κ1) is 20.4. The van der Waals surface area contributed by atoms with E-state index in [0.29, 0.717) is 23.9 Å². The minimum absolute atomic E-state index is 0.0337. The minimum Gasteiger partial charge on any atom is -0.441 e. The number of aromatic nitrogens is 1. The summed E-state index contributed by atoms with van der Waals surface area (Å²) >= 11 is 6.06. The van der Waals surface area contributed by atoms with Gasteiger partial charge < -0.3 is 14.6 Å². The van der Waals surface area contributed by atoms with Crippen LogP contribution in [-0.4, -0.2) is 40.5 Å². The maximum atomic E-state index is 12.5. The number of oxazole rings is 1. The van der Waals surface area contributed by atoms with Crippen molar-refractivity contribution >= 4 is 17.5 Å². The van der Waals surface area contributed by atoms with Crippen LogP contribution in [0.1, 0.15) is 38.1 Å². The summed E-state index contributed by atoms with van der Waals surface area (Å²) in [5.74, 6) is 1.25. The fraction of sp³-hybridized carbons (Fsp3) is 0.476. The Balaban J connectivity index is 1.64. The lowest BCUT2D eigenvalue weighted by atomic mass is 9.97. The zero-order valence-corrected chi connectivity index (χ0v) is 17.2. The molecule has 2 aromatic rings.